The van der Waals surface area contributed by atoms with E-state index in [4.69, 9.17) is 5.21 Å². The average Bonchev–Trinajstić information content (AvgIpc) is 2.77. The second-order valence-corrected chi connectivity index (χ2v) is 6.99. The second-order valence-electron chi connectivity index (χ2n) is 6.99. The molecule has 2 aromatic rings. The van der Waals surface area contributed by atoms with Crippen molar-refractivity contribution in [3.8, 4) is 0 Å². The van der Waals surface area contributed by atoms with E-state index >= 15 is 0 Å². The number of carbonyl (C=O) groups excluding carboxylic acids is 3. The minimum Gasteiger partial charge on any atom is -0.375 e. The molecule has 3 amide bonds. The lowest BCUT2D eigenvalue weighted by Gasteiger charge is -2.20. The Morgan fingerprint density at radius 1 is 0.867 bits per heavy atom. The topological polar surface area (TPSA) is 128 Å². The predicted octanol–water partition coefficient (Wildman–Crippen LogP) is 0.638. The van der Waals surface area contributed by atoms with Gasteiger partial charge < -0.3 is 15.7 Å². The van der Waals surface area contributed by atoms with Gasteiger partial charge in [0.15, 0.2) is 0 Å². The molecule has 160 valence electrons. The normalized spacial score (nSPS) is 12.5. The molecule has 0 radical (unpaired) electrons. The number of hydroxylamine groups is 1. The molecule has 8 heteroatoms. The second kappa shape index (κ2) is 11.7. The lowest BCUT2D eigenvalue weighted by molar-refractivity contribution is -0.147. The number of carbonyl (C=O) groups is 3. The van der Waals surface area contributed by atoms with Gasteiger partial charge in [-0.3, -0.25) is 19.6 Å². The summed E-state index contributed by atoms with van der Waals surface area (Å²) in [5.74, 6) is -2.75. The fraction of sp³-hybridized carbons (Fsp3) is 0.318. The quantitative estimate of drug-likeness (QED) is 0.222. The first-order chi connectivity index (χ1) is 14.4. The fourth-order valence-electron chi connectivity index (χ4n) is 2.86. The summed E-state index contributed by atoms with van der Waals surface area (Å²) in [4.78, 5) is 36.0. The molecule has 0 aliphatic rings. The summed E-state index contributed by atoms with van der Waals surface area (Å²) in [5, 5.41) is 23.4. The van der Waals surface area contributed by atoms with Gasteiger partial charge in [-0.25, -0.2) is 5.48 Å². The number of amides is 3. The van der Waals surface area contributed by atoms with Gasteiger partial charge in [-0.15, -0.1) is 0 Å². The zero-order valence-corrected chi connectivity index (χ0v) is 16.8. The molecule has 0 unspecified atom stereocenters. The monoisotopic (exact) mass is 413 g/mol. The van der Waals surface area contributed by atoms with E-state index in [2.05, 4.69) is 10.6 Å². The molecule has 0 saturated carbocycles. The number of nitrogens with one attached hydrogen (secondary N) is 3. The summed E-state index contributed by atoms with van der Waals surface area (Å²) in [7, 11) is 0. The van der Waals surface area contributed by atoms with Gasteiger partial charge in [0.05, 0.1) is 0 Å². The molecule has 0 spiro atoms. The van der Waals surface area contributed by atoms with E-state index in [1.807, 2.05) is 61.5 Å². The van der Waals surface area contributed by atoms with Crippen LogP contribution in [0.25, 0.3) is 0 Å². The van der Waals surface area contributed by atoms with Crippen LogP contribution < -0.4 is 16.1 Å². The molecule has 2 rings (SSSR count). The van der Waals surface area contributed by atoms with Gasteiger partial charge in [0.25, 0.3) is 11.8 Å². The third-order valence-corrected chi connectivity index (χ3v) is 4.64. The predicted molar refractivity (Wildman–Crippen MR) is 111 cm³/mol. The molecular formula is C22H27N3O5. The Hall–Kier alpha value is -3.23. The number of aliphatic hydroxyl groups is 1. The van der Waals surface area contributed by atoms with Crippen molar-refractivity contribution in [3.05, 3.63) is 71.3 Å². The Bertz CT molecular complexity index is 840. The third-order valence-electron chi connectivity index (χ3n) is 4.64. The zero-order valence-electron chi connectivity index (χ0n) is 16.8. The van der Waals surface area contributed by atoms with Gasteiger partial charge in [0, 0.05) is 6.54 Å². The Morgan fingerprint density at radius 3 is 2.13 bits per heavy atom. The number of aryl methyl sites for hydroxylation is 2. The summed E-state index contributed by atoms with van der Waals surface area (Å²) < 4.78 is 0. The van der Waals surface area contributed by atoms with Gasteiger partial charge in [0.2, 0.25) is 12.0 Å². The molecule has 30 heavy (non-hydrogen) atoms. The molecule has 0 bridgehead atoms. The minimum absolute atomic E-state index is 0.277. The number of hydrogen-bond acceptors (Lipinski definition) is 5. The Balaban J connectivity index is 1.97. The van der Waals surface area contributed by atoms with Gasteiger partial charge in [-0.2, -0.15) is 0 Å². The van der Waals surface area contributed by atoms with Crippen LogP contribution in [0.1, 0.15) is 23.1 Å². The van der Waals surface area contributed by atoms with E-state index in [0.717, 1.165) is 16.7 Å². The average molecular weight is 413 g/mol. The van der Waals surface area contributed by atoms with Crippen molar-refractivity contribution in [3.63, 3.8) is 0 Å². The SMILES string of the molecule is Cc1ccc(CCNC(=O)[C@H](CCc2ccccc2)NC(=O)[C@@H](O)C(=O)NO)cc1. The van der Waals surface area contributed by atoms with Crippen LogP contribution in [0.3, 0.4) is 0 Å². The number of aliphatic hydroxyl groups excluding tert-OH is 1. The van der Waals surface area contributed by atoms with E-state index < -0.39 is 29.9 Å². The summed E-state index contributed by atoms with van der Waals surface area (Å²) in [6.45, 7) is 2.37. The Kier molecular flexibility index (Phi) is 8.99. The molecule has 0 aromatic heterocycles. The molecule has 8 nitrogen and oxygen atoms in total. The molecule has 5 N–H and O–H groups in total. The number of benzene rings is 2. The Labute approximate surface area is 175 Å². The first-order valence-corrected chi connectivity index (χ1v) is 9.70. The van der Waals surface area contributed by atoms with Crippen LogP contribution >= 0.6 is 0 Å². The van der Waals surface area contributed by atoms with E-state index in [1.165, 1.54) is 5.48 Å². The van der Waals surface area contributed by atoms with Crippen molar-refractivity contribution < 1.29 is 24.7 Å². The van der Waals surface area contributed by atoms with Gasteiger partial charge >= 0.3 is 0 Å². The number of rotatable bonds is 10. The van der Waals surface area contributed by atoms with E-state index in [9.17, 15) is 19.5 Å². The Morgan fingerprint density at radius 2 is 1.50 bits per heavy atom. The minimum atomic E-state index is -2.12. The standard InChI is InChI=1S/C22H27N3O5/c1-15-7-9-17(10-8-15)13-14-23-20(27)18(12-11-16-5-3-2-4-6-16)24-21(28)19(26)22(29)25-30/h2-10,18-19,26,30H,11-14H2,1H3,(H,23,27)(H,24,28)(H,25,29)/t18-,19+/m0/s1. The van der Waals surface area contributed by atoms with Gasteiger partial charge in [-0.05, 0) is 37.3 Å². The summed E-state index contributed by atoms with van der Waals surface area (Å²) in [5.41, 5.74) is 4.42. The highest BCUT2D eigenvalue weighted by Gasteiger charge is 2.28. The van der Waals surface area contributed by atoms with Crippen LogP contribution in [0.5, 0.6) is 0 Å². The van der Waals surface area contributed by atoms with Crippen molar-refractivity contribution in [2.75, 3.05) is 6.54 Å². The van der Waals surface area contributed by atoms with Crippen molar-refractivity contribution >= 4 is 17.7 Å². The maximum absolute atomic E-state index is 12.6. The van der Waals surface area contributed by atoms with Crippen LogP contribution in [0.4, 0.5) is 0 Å². The van der Waals surface area contributed by atoms with Crippen molar-refractivity contribution in [2.45, 2.75) is 38.3 Å². The molecule has 2 aromatic carbocycles. The molecule has 0 saturated heterocycles. The van der Waals surface area contributed by atoms with E-state index in [1.54, 1.807) is 0 Å². The molecule has 0 fully saturated rings. The first-order valence-electron chi connectivity index (χ1n) is 9.70. The maximum atomic E-state index is 12.6. The smallest absolute Gasteiger partial charge is 0.281 e. The van der Waals surface area contributed by atoms with Crippen molar-refractivity contribution in [1.29, 1.82) is 0 Å². The molecule has 2 atom stereocenters. The van der Waals surface area contributed by atoms with Crippen LogP contribution in [0.2, 0.25) is 0 Å². The van der Waals surface area contributed by atoms with Crippen LogP contribution in [0.15, 0.2) is 54.6 Å². The molecule has 0 aliphatic heterocycles. The molecule has 0 heterocycles. The number of hydrogen-bond donors (Lipinski definition) is 5. The van der Waals surface area contributed by atoms with Crippen LogP contribution in [0, 0.1) is 6.92 Å². The van der Waals surface area contributed by atoms with E-state index in [0.29, 0.717) is 19.4 Å². The van der Waals surface area contributed by atoms with Gasteiger partial charge in [0.1, 0.15) is 6.04 Å². The highest BCUT2D eigenvalue weighted by atomic mass is 16.5. The highest BCUT2D eigenvalue weighted by molar-refractivity contribution is 6.03. The van der Waals surface area contributed by atoms with Crippen molar-refractivity contribution in [2.24, 2.45) is 0 Å². The molecular weight excluding hydrogens is 386 g/mol. The van der Waals surface area contributed by atoms with Crippen molar-refractivity contribution in [1.82, 2.24) is 16.1 Å². The van der Waals surface area contributed by atoms with Crippen LogP contribution in [-0.2, 0) is 27.2 Å². The maximum Gasteiger partial charge on any atom is 0.281 e. The van der Waals surface area contributed by atoms with Gasteiger partial charge in [-0.1, -0.05) is 60.2 Å². The van der Waals surface area contributed by atoms with E-state index in [-0.39, 0.29) is 6.42 Å². The summed E-state index contributed by atoms with van der Waals surface area (Å²) >= 11 is 0. The zero-order chi connectivity index (χ0) is 21.9. The molecule has 0 aliphatic carbocycles. The lowest BCUT2D eigenvalue weighted by atomic mass is 10.0. The summed E-state index contributed by atoms with van der Waals surface area (Å²) in [6.07, 6.45) is -0.700. The highest BCUT2D eigenvalue weighted by Crippen LogP contribution is 2.07. The van der Waals surface area contributed by atoms with Crippen LogP contribution in [-0.4, -0.2) is 46.7 Å². The fourth-order valence-corrected chi connectivity index (χ4v) is 2.86. The lowest BCUT2D eigenvalue weighted by Crippen LogP contribution is -2.53. The first kappa shape index (κ1) is 23.1. The summed E-state index contributed by atoms with van der Waals surface area (Å²) in [6, 6.07) is 16.5. The third kappa shape index (κ3) is 7.31. The largest absolute Gasteiger partial charge is 0.375 e.